The van der Waals surface area contributed by atoms with Gasteiger partial charge in [-0.15, -0.1) is 0 Å². The van der Waals surface area contributed by atoms with Crippen molar-refractivity contribution in [3.05, 3.63) is 0 Å². The smallest absolute Gasteiger partial charge is 0.305 e. The van der Waals surface area contributed by atoms with Crippen molar-refractivity contribution in [2.24, 2.45) is 0 Å². The fourth-order valence-corrected chi connectivity index (χ4v) is 6.04. The summed E-state index contributed by atoms with van der Waals surface area (Å²) in [6.45, 7) is 3.39. The van der Waals surface area contributed by atoms with Crippen LogP contribution in [0.1, 0.15) is 110 Å². The summed E-state index contributed by atoms with van der Waals surface area (Å²) in [5.41, 5.74) is 0. The summed E-state index contributed by atoms with van der Waals surface area (Å²) >= 11 is 0. The van der Waals surface area contributed by atoms with Gasteiger partial charge < -0.3 is 39.5 Å². The molecule has 13 nitrogen and oxygen atoms in total. The third kappa shape index (κ3) is 25.7. The summed E-state index contributed by atoms with van der Waals surface area (Å²) in [5.74, 6) is -4.16. The second kappa shape index (κ2) is 28.5. The number of hydrogen-bond acceptors (Lipinski definition) is 13. The highest BCUT2D eigenvalue weighted by Crippen LogP contribution is 2.14. The van der Waals surface area contributed by atoms with E-state index < -0.39 is 24.0 Å². The maximum atomic E-state index is 12.3. The van der Waals surface area contributed by atoms with Crippen molar-refractivity contribution >= 4 is 23.9 Å². The van der Waals surface area contributed by atoms with Gasteiger partial charge in [0.05, 0.1) is 17.9 Å². The third-order valence-electron chi connectivity index (χ3n) is 8.88. The zero-order valence-electron chi connectivity index (χ0n) is 29.6. The number of aliphatic hydroxyl groups excluding tert-OH is 1. The Morgan fingerprint density at radius 2 is 0.854 bits per heavy atom. The highest BCUT2D eigenvalue weighted by atomic mass is 16.5. The van der Waals surface area contributed by atoms with Crippen molar-refractivity contribution in [1.82, 2.24) is 19.6 Å². The first-order chi connectivity index (χ1) is 23.1. The van der Waals surface area contributed by atoms with Crippen LogP contribution in [0.2, 0.25) is 0 Å². The van der Waals surface area contributed by atoms with Crippen LogP contribution >= 0.6 is 0 Å². The predicted octanol–water partition coefficient (Wildman–Crippen LogP) is -0.377. The van der Waals surface area contributed by atoms with Crippen LogP contribution in [0.4, 0.5) is 0 Å². The molecule has 0 radical (unpaired) electrons. The highest BCUT2D eigenvalue weighted by Gasteiger charge is 2.19. The standard InChI is InChI=1S/C35H66N4O9/c1-2-3-4-5-6-7-8-9-10-11-12-13-14-15-16-17-35(47)48-30-31(40)26-36-18-20-37(27-32(41)42)22-24-39(29-34(45)46)25-23-38(21-19-36)28-33(43)44/h31,40H,2-30H2,1H3,(H,41,42)(H,43,44)(H,45,46)/p-3. The fourth-order valence-electron chi connectivity index (χ4n) is 6.04. The Kier molecular flexibility index (Phi) is 26.0. The van der Waals surface area contributed by atoms with Crippen molar-refractivity contribution in [3.63, 3.8) is 0 Å². The van der Waals surface area contributed by atoms with Gasteiger partial charge in [0.15, 0.2) is 0 Å². The van der Waals surface area contributed by atoms with Crippen LogP contribution in [-0.4, -0.2) is 140 Å². The molecule has 0 aromatic heterocycles. The molecule has 1 heterocycles. The lowest BCUT2D eigenvalue weighted by Crippen LogP contribution is -2.51. The van der Waals surface area contributed by atoms with E-state index in [4.69, 9.17) is 4.74 Å². The molecule has 1 aliphatic heterocycles. The minimum Gasteiger partial charge on any atom is -0.549 e. The molecule has 1 atom stereocenters. The summed E-state index contributed by atoms with van der Waals surface area (Å²) in [5, 5.41) is 44.6. The van der Waals surface area contributed by atoms with Crippen molar-refractivity contribution in [3.8, 4) is 0 Å². The summed E-state index contributed by atoms with van der Waals surface area (Å²) in [4.78, 5) is 52.9. The molecule has 0 saturated carbocycles. The zero-order valence-corrected chi connectivity index (χ0v) is 29.6. The number of aliphatic hydroxyl groups is 1. The van der Waals surface area contributed by atoms with Crippen LogP contribution in [0.25, 0.3) is 0 Å². The molecular formula is C35H63N4O9-3. The predicted molar refractivity (Wildman–Crippen MR) is 177 cm³/mol. The van der Waals surface area contributed by atoms with E-state index in [-0.39, 0.29) is 64.9 Å². The Morgan fingerprint density at radius 1 is 0.542 bits per heavy atom. The van der Waals surface area contributed by atoms with Gasteiger partial charge in [0.2, 0.25) is 0 Å². The normalized spacial score (nSPS) is 17.0. The molecule has 1 aliphatic rings. The van der Waals surface area contributed by atoms with Gasteiger partial charge in [-0.2, -0.15) is 0 Å². The van der Waals surface area contributed by atoms with E-state index in [0.29, 0.717) is 32.6 Å². The number of rotatable bonds is 26. The van der Waals surface area contributed by atoms with E-state index in [1.54, 1.807) is 14.7 Å². The summed E-state index contributed by atoms with van der Waals surface area (Å²) in [6, 6.07) is 0. The van der Waals surface area contributed by atoms with Crippen molar-refractivity contribution in [2.45, 2.75) is 116 Å². The maximum Gasteiger partial charge on any atom is 0.305 e. The number of carboxylic acid groups (broad SMARTS) is 3. The Morgan fingerprint density at radius 3 is 1.19 bits per heavy atom. The lowest BCUT2D eigenvalue weighted by molar-refractivity contribution is -0.308. The molecule has 0 aromatic carbocycles. The number of carbonyl (C=O) groups is 4. The maximum absolute atomic E-state index is 12.3. The molecule has 0 aliphatic carbocycles. The van der Waals surface area contributed by atoms with Crippen LogP contribution in [0.3, 0.4) is 0 Å². The van der Waals surface area contributed by atoms with Crippen LogP contribution in [0, 0.1) is 0 Å². The number of β-amino-alcohol motifs (C(OH)–C–C–N with tert-alkyl or cyclic N) is 1. The molecule has 1 fully saturated rings. The van der Waals surface area contributed by atoms with Gasteiger partial charge >= 0.3 is 5.97 Å². The van der Waals surface area contributed by atoms with Crippen LogP contribution < -0.4 is 15.3 Å². The molecular weight excluding hydrogens is 620 g/mol. The SMILES string of the molecule is CCCCCCCCCCCCCCCCCC(=O)OCC(O)CN1CCN(CC(=O)[O-])CCN(CC(=O)[O-])CCN(CC(=O)[O-])CC1. The highest BCUT2D eigenvalue weighted by molar-refractivity contribution is 5.69. The molecule has 13 heteroatoms. The summed E-state index contributed by atoms with van der Waals surface area (Å²) < 4.78 is 5.33. The lowest BCUT2D eigenvalue weighted by Gasteiger charge is -2.35. The number of aliphatic carboxylic acids is 3. The number of hydrogen-bond donors (Lipinski definition) is 1. The molecule has 1 N–H and O–H groups in total. The Hall–Kier alpha value is -2.32. The van der Waals surface area contributed by atoms with E-state index in [2.05, 4.69) is 6.92 Å². The van der Waals surface area contributed by atoms with Gasteiger partial charge in [-0.25, -0.2) is 0 Å². The van der Waals surface area contributed by atoms with Gasteiger partial charge in [0.25, 0.3) is 0 Å². The number of carbonyl (C=O) groups excluding carboxylic acids is 4. The van der Waals surface area contributed by atoms with E-state index in [1.165, 1.54) is 77.0 Å². The van der Waals surface area contributed by atoms with Crippen molar-refractivity contribution in [1.29, 1.82) is 0 Å². The molecule has 1 rings (SSSR count). The Bertz CT molecular complexity index is 847. The summed E-state index contributed by atoms with van der Waals surface area (Å²) in [7, 11) is 0. The average Bonchev–Trinajstić information content (AvgIpc) is 3.02. The number of unbranched alkanes of at least 4 members (excludes halogenated alkanes) is 14. The molecule has 1 saturated heterocycles. The molecule has 0 aromatic rings. The molecule has 1 unspecified atom stereocenters. The lowest BCUT2D eigenvalue weighted by atomic mass is 10.0. The molecule has 0 amide bonds. The largest absolute Gasteiger partial charge is 0.549 e. The quantitative estimate of drug-likeness (QED) is 0.0922. The van der Waals surface area contributed by atoms with Crippen molar-refractivity contribution < 1.29 is 44.3 Å². The Labute approximate surface area is 288 Å². The first-order valence-corrected chi connectivity index (χ1v) is 18.4. The Balaban J connectivity index is 2.38. The van der Waals surface area contributed by atoms with Crippen LogP contribution in [-0.2, 0) is 23.9 Å². The monoisotopic (exact) mass is 683 g/mol. The minimum atomic E-state index is -1.28. The fraction of sp³-hybridized carbons (Fsp3) is 0.886. The van der Waals surface area contributed by atoms with E-state index in [0.717, 1.165) is 19.3 Å². The third-order valence-corrected chi connectivity index (χ3v) is 8.88. The van der Waals surface area contributed by atoms with Gasteiger partial charge in [0.1, 0.15) is 12.7 Å². The molecule has 0 spiro atoms. The van der Waals surface area contributed by atoms with Gasteiger partial charge in [-0.1, -0.05) is 96.8 Å². The van der Waals surface area contributed by atoms with Crippen LogP contribution in [0.15, 0.2) is 0 Å². The number of nitrogens with zero attached hydrogens (tertiary/aromatic N) is 4. The number of carboxylic acids is 3. The first kappa shape index (κ1) is 43.7. The first-order valence-electron chi connectivity index (χ1n) is 18.4. The zero-order chi connectivity index (χ0) is 35.4. The molecule has 0 bridgehead atoms. The molecule has 280 valence electrons. The average molecular weight is 684 g/mol. The van der Waals surface area contributed by atoms with Gasteiger partial charge in [-0.3, -0.25) is 24.4 Å². The van der Waals surface area contributed by atoms with Gasteiger partial charge in [-0.05, 0) is 6.42 Å². The van der Waals surface area contributed by atoms with Crippen molar-refractivity contribution in [2.75, 3.05) is 85.1 Å². The second-order valence-corrected chi connectivity index (χ2v) is 13.3. The number of esters is 1. The second-order valence-electron chi connectivity index (χ2n) is 13.3. The van der Waals surface area contributed by atoms with Gasteiger partial charge in [0, 0.05) is 85.0 Å². The van der Waals surface area contributed by atoms with E-state index in [9.17, 15) is 39.6 Å². The minimum absolute atomic E-state index is 0.140. The number of ether oxygens (including phenoxy) is 1. The van der Waals surface area contributed by atoms with Crippen LogP contribution in [0.5, 0.6) is 0 Å². The van der Waals surface area contributed by atoms with E-state index in [1.807, 2.05) is 4.90 Å². The summed E-state index contributed by atoms with van der Waals surface area (Å²) in [6.07, 6.45) is 18.0. The van der Waals surface area contributed by atoms with E-state index >= 15 is 0 Å². The molecule has 48 heavy (non-hydrogen) atoms. The topological polar surface area (TPSA) is 180 Å².